The molecule has 9 heterocycles. The summed E-state index contributed by atoms with van der Waals surface area (Å²) >= 11 is 14.8. The molecule has 0 aromatic heterocycles. The van der Waals surface area contributed by atoms with E-state index in [1.807, 2.05) is 0 Å². The molecule has 0 saturated carbocycles. The van der Waals surface area contributed by atoms with Gasteiger partial charge in [0.05, 0.1) is 29.9 Å². The predicted octanol–water partition coefficient (Wildman–Crippen LogP) is -0.377. The molecule has 17 bridgehead atoms. The highest BCUT2D eigenvalue weighted by atomic mass is 35.5. The van der Waals surface area contributed by atoms with Crippen LogP contribution >= 0.6 is 38.4 Å². The fourth-order valence-corrected chi connectivity index (χ4v) is 20.1. The van der Waals surface area contributed by atoms with Crippen molar-refractivity contribution in [3.05, 3.63) is 164 Å². The molecular weight excluding hydrogens is 2020 g/mol. The molecule has 788 valence electrons. The average Bonchev–Trinajstić information content (AvgIpc) is 0.757. The maximum atomic E-state index is 17.2. The van der Waals surface area contributed by atoms with E-state index in [4.69, 9.17) is 76.3 Å². The largest absolute Gasteiger partial charge is 0.508 e. The summed E-state index contributed by atoms with van der Waals surface area (Å²) in [5.41, 5.74) is -1.63. The standard InChI is InChI=1S/C92H106Cl2N10O40P2/c1-35(2)9-7-5-4-6-8-10-62(113)98-71-77(119)74(116)60(32-106)141-90(71)144-81-57-26-42-27-58(81)138-54-18-14-40(24-49(54)94)80(143-89-70(96-36(3)108)76(118)73(115)59(31-105)140-89)72-87(127)103-69(88(128)135-34-63(114)99-92(145(129,130)131)146(132,133)134)47-29-44(110)30-56(139-91-79(121)78(120)75(117)61(33-107)142-91)64(47)46-23-39(13-15-51(46)111)66(84(124)104-72)101-86(126)68(42)102-85(125)67-41-21-43(109)28-45(22-41)136-55-25-38(12-16-52(55)112)65(95)83(123)97-50(82(122)100-67)20-37-11-17-53(137-57)48(93)19-37/h11-19,21-30,35,50,59-61,65-80,89-92,105-107,109-112,115-121H,4-10,20,31-34,95H2,1-3H3,(H,96,108)(H,97,123)(H,98,113)(H,99,114)(H,100,122)(H,101,126)(H,102,125)(H,103,127)(H,104,124)(H2,129,130,131)(H2,132,133,134)/t50-,59-,60-,61-,65-,66-,67+,68-,69-,70-,71-,72+,73-,74-,75-,76-,77-,78+,79+,80-,89+,90+,91+/m1/s1. The zero-order valence-corrected chi connectivity index (χ0v) is 80.4. The number of carbonyl (C=O) groups excluding carboxylic acids is 10. The molecule has 0 spiro atoms. The van der Waals surface area contributed by atoms with Crippen molar-refractivity contribution in [2.24, 2.45) is 11.7 Å². The number of benzene rings is 7. The van der Waals surface area contributed by atoms with Gasteiger partial charge in [0.15, 0.2) is 41.9 Å². The molecule has 9 aliphatic heterocycles. The number of aromatic hydroxyl groups is 4. The third-order valence-electron chi connectivity index (χ3n) is 24.9. The number of hydrogen-bond donors (Lipinski definition) is 28. The Balaban J connectivity index is 1.04. The molecule has 0 radical (unpaired) electrons. The van der Waals surface area contributed by atoms with Crippen molar-refractivity contribution in [3.63, 3.8) is 0 Å². The third-order valence-corrected chi connectivity index (χ3v) is 28.8. The summed E-state index contributed by atoms with van der Waals surface area (Å²) in [7, 11) is -12.1. The van der Waals surface area contributed by atoms with Crippen LogP contribution in [0.25, 0.3) is 11.1 Å². The number of halogens is 2. The Bertz CT molecular complexity index is 6200. The van der Waals surface area contributed by atoms with Crippen LogP contribution < -0.4 is 77.3 Å². The Morgan fingerprint density at radius 2 is 1.04 bits per heavy atom. The van der Waals surface area contributed by atoms with E-state index in [1.54, 1.807) is 0 Å². The lowest BCUT2D eigenvalue weighted by atomic mass is 9.89. The number of aliphatic hydroxyl groups is 10. The lowest BCUT2D eigenvalue weighted by Gasteiger charge is -2.44. The second-order valence-corrected chi connectivity index (χ2v) is 40.5. The number of nitrogens with two attached hydrogens (primary N) is 1. The zero-order chi connectivity index (χ0) is 106. The summed E-state index contributed by atoms with van der Waals surface area (Å²) in [6, 6.07) is -1.82. The monoisotopic (exact) mass is 2120 g/mol. The van der Waals surface area contributed by atoms with E-state index in [9.17, 15) is 119 Å². The van der Waals surface area contributed by atoms with Gasteiger partial charge >= 0.3 is 21.2 Å². The Hall–Kier alpha value is -12.3. The number of hydrogen-bond acceptors (Lipinski definition) is 37. The number of phenols is 4. The first-order valence-electron chi connectivity index (χ1n) is 45.5. The summed E-state index contributed by atoms with van der Waals surface area (Å²) in [5, 5.41) is 181. The van der Waals surface area contributed by atoms with Crippen molar-refractivity contribution in [2.75, 3.05) is 26.4 Å². The Kier molecular flexibility index (Phi) is 34.5. The van der Waals surface area contributed by atoms with Crippen LogP contribution in [-0.4, -0.2) is 286 Å². The van der Waals surface area contributed by atoms with Gasteiger partial charge < -0.3 is 192 Å². The predicted molar refractivity (Wildman–Crippen MR) is 497 cm³/mol. The summed E-state index contributed by atoms with van der Waals surface area (Å²) in [5.74, 6) is -22.9. The van der Waals surface area contributed by atoms with Gasteiger partial charge in [0.1, 0.15) is 156 Å². The van der Waals surface area contributed by atoms with E-state index in [0.29, 0.717) is 30.9 Å². The minimum atomic E-state index is -6.07. The first-order valence-corrected chi connectivity index (χ1v) is 49.6. The molecular formula is C92H106Cl2N10O40P2. The number of fused-ring (bicyclic) bond motifs is 14. The molecule has 7 aromatic rings. The second-order valence-electron chi connectivity index (χ2n) is 35.9. The quantitative estimate of drug-likeness (QED) is 0.0197. The van der Waals surface area contributed by atoms with Gasteiger partial charge in [-0.2, -0.15) is 0 Å². The Morgan fingerprint density at radius 1 is 0.500 bits per heavy atom. The maximum Gasteiger partial charge on any atom is 0.360 e. The third kappa shape index (κ3) is 24.9. The molecule has 54 heteroatoms. The number of rotatable bonds is 25. The van der Waals surface area contributed by atoms with E-state index < -0.39 is 366 Å². The molecule has 9 aliphatic rings. The van der Waals surface area contributed by atoms with Gasteiger partial charge in [0, 0.05) is 48.6 Å². The molecule has 146 heavy (non-hydrogen) atoms. The number of aliphatic hydroxyl groups excluding tert-OH is 10. The van der Waals surface area contributed by atoms with Crippen molar-refractivity contribution >= 4 is 97.5 Å². The van der Waals surface area contributed by atoms with Crippen LogP contribution in [-0.2, 0) is 87.2 Å². The molecule has 0 aliphatic carbocycles. The summed E-state index contributed by atoms with van der Waals surface area (Å²) < 4.78 is 88.0. The van der Waals surface area contributed by atoms with Crippen LogP contribution in [0.1, 0.15) is 141 Å². The van der Waals surface area contributed by atoms with Gasteiger partial charge in [0.2, 0.25) is 71.1 Å². The van der Waals surface area contributed by atoms with Crippen LogP contribution in [0, 0.1) is 5.92 Å². The van der Waals surface area contributed by atoms with Crippen LogP contribution in [0.3, 0.4) is 0 Å². The molecule has 3 fully saturated rings. The van der Waals surface area contributed by atoms with E-state index in [-0.39, 0.29) is 22.6 Å². The minimum Gasteiger partial charge on any atom is -0.508 e. The first-order chi connectivity index (χ1) is 69.1. The first kappa shape index (κ1) is 109. The van der Waals surface area contributed by atoms with E-state index in [1.165, 1.54) is 29.6 Å². The number of amides is 9. The van der Waals surface area contributed by atoms with Gasteiger partial charge in [-0.15, -0.1) is 0 Å². The van der Waals surface area contributed by atoms with Crippen molar-refractivity contribution in [2.45, 2.75) is 218 Å². The topological polar surface area (TPSA) is 796 Å². The lowest BCUT2D eigenvalue weighted by Crippen LogP contribution is -2.65. The lowest BCUT2D eigenvalue weighted by molar-refractivity contribution is -0.284. The molecule has 50 nitrogen and oxygen atoms in total. The fraction of sp³-hybridized carbons (Fsp3) is 0.435. The average molecular weight is 2120 g/mol. The molecule has 9 amide bonds. The highest BCUT2D eigenvalue weighted by Gasteiger charge is 2.53. The van der Waals surface area contributed by atoms with Gasteiger partial charge in [-0.1, -0.05) is 93.4 Å². The number of ether oxygens (including phenoxy) is 10. The highest BCUT2D eigenvalue weighted by molar-refractivity contribution is 7.70. The number of phenolic OH excluding ortho intramolecular Hbond substituents is 4. The molecule has 3 saturated heterocycles. The minimum absolute atomic E-state index is 0.0102. The Morgan fingerprint density at radius 3 is 1.66 bits per heavy atom. The van der Waals surface area contributed by atoms with Crippen LogP contribution in [0.4, 0.5) is 0 Å². The molecule has 16 rings (SSSR count). The number of nitrogens with one attached hydrogen (secondary N) is 9. The van der Waals surface area contributed by atoms with Gasteiger partial charge in [-0.25, -0.2) is 4.79 Å². The smallest absolute Gasteiger partial charge is 0.360 e. The summed E-state index contributed by atoms with van der Waals surface area (Å²) in [4.78, 5) is 195. The molecule has 29 N–H and O–H groups in total. The summed E-state index contributed by atoms with van der Waals surface area (Å²) in [6.07, 6.45) is -26.8. The van der Waals surface area contributed by atoms with Gasteiger partial charge in [-0.3, -0.25) is 52.3 Å². The van der Waals surface area contributed by atoms with E-state index >= 15 is 28.8 Å². The molecule has 23 atom stereocenters. The zero-order valence-electron chi connectivity index (χ0n) is 77.1. The normalized spacial score (nSPS) is 27.5. The number of esters is 1. The summed E-state index contributed by atoms with van der Waals surface area (Å²) in [6.45, 7) is -0.186. The van der Waals surface area contributed by atoms with Gasteiger partial charge in [-0.05, 0) is 125 Å². The molecule has 7 aromatic carbocycles. The van der Waals surface area contributed by atoms with E-state index in [0.717, 1.165) is 111 Å². The van der Waals surface area contributed by atoms with Crippen molar-refractivity contribution < 1.29 is 196 Å². The number of carbonyl (C=O) groups is 10. The van der Waals surface area contributed by atoms with Crippen molar-refractivity contribution in [1.82, 2.24) is 47.9 Å². The Labute approximate surface area is 837 Å². The SMILES string of the molecule is CC(=O)N[C@H]1[C@H](O[C@@H]2c3ccc(c(Cl)c3)Oc3cc4cc(c3O[C@@H]3O[C@H](CO)[C@@H](O)[C@H](O)[C@H]3NC(=O)CCCCCCCC(C)C)Oc3ccc(cc3Cl)C[C@H]3NC(=O)[C@H](N)c5ccc(O)c(c5)Oc5cc(O)cc(c5)[C@H](NC3=O)C(=O)N[C@H]4C(=O)N[C@H]3C(=O)N[C@@H]2C(=O)N[C@@H](C(=O)OCC(=O)NC(P(=O)(O)O)P(=O)(O)O)c2cc(O)cc(O[C@H]4O[C@H](CO)[C@@H](O)[C@H](O)[C@@H]4O)c2-c2cc3ccc2O)O[C@H](CO)[C@@H](O)[C@@H]1O. The van der Waals surface area contributed by atoms with Crippen LogP contribution in [0.2, 0.25) is 10.0 Å². The molecule has 0 unspecified atom stereocenters. The second kappa shape index (κ2) is 46.0. The van der Waals surface area contributed by atoms with Crippen molar-refractivity contribution in [3.8, 4) is 80.1 Å². The van der Waals surface area contributed by atoms with Gasteiger partial charge in [0.25, 0.3) is 5.91 Å². The maximum absolute atomic E-state index is 17.2. The van der Waals surface area contributed by atoms with Crippen LogP contribution in [0.5, 0.6) is 69.0 Å². The number of unbranched alkanes of at least 4 members (excludes halogenated alkanes) is 4. The van der Waals surface area contributed by atoms with E-state index in [2.05, 4.69) is 56.4 Å². The van der Waals surface area contributed by atoms with Crippen LogP contribution in [0.15, 0.2) is 115 Å². The van der Waals surface area contributed by atoms with Crippen molar-refractivity contribution in [1.29, 1.82) is 0 Å². The fourth-order valence-electron chi connectivity index (χ4n) is 17.4. The highest BCUT2D eigenvalue weighted by Crippen LogP contribution is 2.59.